The van der Waals surface area contributed by atoms with Crippen LogP contribution in [0.3, 0.4) is 0 Å². The number of esters is 1. The first-order chi connectivity index (χ1) is 9.72. The second kappa shape index (κ2) is 6.47. The minimum Gasteiger partial charge on any atom is -0.466 e. The van der Waals surface area contributed by atoms with Crippen LogP contribution in [0.15, 0.2) is 6.20 Å². The van der Waals surface area contributed by atoms with E-state index in [1.165, 1.54) is 13.0 Å². The molecule has 4 nitrogen and oxygen atoms in total. The molecule has 0 radical (unpaired) electrons. The molecule has 1 rings (SSSR count). The molecule has 1 heterocycles. The molecule has 0 saturated carbocycles. The first-order valence-corrected chi connectivity index (χ1v) is 5.65. The monoisotopic (exact) mass is 308 g/mol. The maximum Gasteiger partial charge on any atom is 0.433 e. The number of alkyl halides is 5. The van der Waals surface area contributed by atoms with Gasteiger partial charge in [0.1, 0.15) is 6.07 Å². The summed E-state index contributed by atoms with van der Waals surface area (Å²) in [6.07, 6.45) is -8.70. The molecule has 0 N–H and O–H groups in total. The fraction of sp³-hybridized carbons (Fsp3) is 0.417. The highest BCUT2D eigenvalue weighted by Crippen LogP contribution is 2.37. The van der Waals surface area contributed by atoms with Crippen LogP contribution in [-0.4, -0.2) is 17.6 Å². The first-order valence-electron chi connectivity index (χ1n) is 5.65. The van der Waals surface area contributed by atoms with Crippen molar-refractivity contribution in [3.8, 4) is 6.07 Å². The Kier molecular flexibility index (Phi) is 5.18. The highest BCUT2D eigenvalue weighted by Gasteiger charge is 2.40. The summed E-state index contributed by atoms with van der Waals surface area (Å²) in [4.78, 5) is 14.2. The molecule has 0 bridgehead atoms. The third kappa shape index (κ3) is 3.87. The van der Waals surface area contributed by atoms with Gasteiger partial charge in [-0.3, -0.25) is 9.78 Å². The predicted molar refractivity (Wildman–Crippen MR) is 59.2 cm³/mol. The zero-order valence-corrected chi connectivity index (χ0v) is 10.7. The van der Waals surface area contributed by atoms with E-state index in [0.717, 1.165) is 0 Å². The molecule has 0 aliphatic heterocycles. The topological polar surface area (TPSA) is 63.0 Å². The van der Waals surface area contributed by atoms with Gasteiger partial charge in [0.2, 0.25) is 0 Å². The Morgan fingerprint density at radius 3 is 2.52 bits per heavy atom. The summed E-state index contributed by atoms with van der Waals surface area (Å²) in [5, 5.41) is 8.85. The van der Waals surface area contributed by atoms with Crippen molar-refractivity contribution in [3.05, 3.63) is 28.6 Å². The molecule has 0 amide bonds. The molecule has 114 valence electrons. The molecule has 9 heteroatoms. The third-order valence-electron chi connectivity index (χ3n) is 2.43. The van der Waals surface area contributed by atoms with Gasteiger partial charge in [-0.25, -0.2) is 8.78 Å². The Morgan fingerprint density at radius 1 is 1.48 bits per heavy atom. The summed E-state index contributed by atoms with van der Waals surface area (Å²) in [7, 11) is 0. The van der Waals surface area contributed by atoms with Crippen molar-refractivity contribution in [2.45, 2.75) is 25.9 Å². The van der Waals surface area contributed by atoms with E-state index in [9.17, 15) is 26.7 Å². The molecule has 1 aromatic rings. The van der Waals surface area contributed by atoms with Gasteiger partial charge in [-0.15, -0.1) is 0 Å². The second-order valence-electron chi connectivity index (χ2n) is 3.81. The molecule has 1 aromatic heterocycles. The number of halogens is 5. The Bertz CT molecular complexity index is 578. The number of carbonyl (C=O) groups is 1. The fourth-order valence-corrected chi connectivity index (χ4v) is 1.64. The van der Waals surface area contributed by atoms with E-state index in [4.69, 9.17) is 5.26 Å². The van der Waals surface area contributed by atoms with Crippen LogP contribution in [0.25, 0.3) is 0 Å². The minimum atomic E-state index is -5.13. The molecule has 0 aromatic carbocycles. The maximum absolute atomic E-state index is 12.9. The van der Waals surface area contributed by atoms with Gasteiger partial charge in [0.25, 0.3) is 6.43 Å². The van der Waals surface area contributed by atoms with Crippen LogP contribution >= 0.6 is 0 Å². The molecule has 21 heavy (non-hydrogen) atoms. The Balaban J connectivity index is 3.41. The van der Waals surface area contributed by atoms with Gasteiger partial charge in [0.05, 0.1) is 24.2 Å². The zero-order valence-electron chi connectivity index (χ0n) is 10.7. The number of nitriles is 1. The molecule has 0 aliphatic carbocycles. The van der Waals surface area contributed by atoms with Crippen molar-refractivity contribution in [1.29, 1.82) is 5.26 Å². The summed E-state index contributed by atoms with van der Waals surface area (Å²) in [6.45, 7) is 1.51. The molecule has 0 aliphatic rings. The number of hydrogen-bond donors (Lipinski definition) is 0. The highest BCUT2D eigenvalue weighted by atomic mass is 19.4. The minimum absolute atomic E-state index is 0.0104. The van der Waals surface area contributed by atoms with Gasteiger partial charge in [-0.2, -0.15) is 18.4 Å². The lowest BCUT2D eigenvalue weighted by molar-refractivity contribution is -0.143. The lowest BCUT2D eigenvalue weighted by Gasteiger charge is -2.15. The van der Waals surface area contributed by atoms with E-state index in [0.29, 0.717) is 6.20 Å². The Hall–Kier alpha value is -2.24. The molecule has 0 atom stereocenters. The van der Waals surface area contributed by atoms with Crippen LogP contribution in [0.1, 0.15) is 35.7 Å². The van der Waals surface area contributed by atoms with Gasteiger partial charge >= 0.3 is 12.1 Å². The number of ether oxygens (including phenoxy) is 1. The number of carbonyl (C=O) groups excluding carboxylic acids is 1. The number of hydrogen-bond acceptors (Lipinski definition) is 4. The average molecular weight is 308 g/mol. The van der Waals surface area contributed by atoms with E-state index < -0.39 is 41.8 Å². The normalized spacial score (nSPS) is 11.3. The van der Waals surface area contributed by atoms with E-state index in [1.54, 1.807) is 0 Å². The number of pyridine rings is 1. The Labute approximate surface area is 116 Å². The molecule has 0 fully saturated rings. The lowest BCUT2D eigenvalue weighted by Crippen LogP contribution is -2.17. The quantitative estimate of drug-likeness (QED) is 0.633. The van der Waals surface area contributed by atoms with Gasteiger partial charge < -0.3 is 4.74 Å². The van der Waals surface area contributed by atoms with Gasteiger partial charge in [-0.1, -0.05) is 0 Å². The van der Waals surface area contributed by atoms with Crippen LogP contribution in [0.2, 0.25) is 0 Å². The van der Waals surface area contributed by atoms with Crippen molar-refractivity contribution in [3.63, 3.8) is 0 Å². The summed E-state index contributed by atoms with van der Waals surface area (Å²) < 4.78 is 68.2. The van der Waals surface area contributed by atoms with Gasteiger partial charge in [-0.05, 0) is 12.5 Å². The molecule has 0 spiro atoms. The number of aromatic nitrogens is 1. The highest BCUT2D eigenvalue weighted by molar-refractivity contribution is 5.73. The van der Waals surface area contributed by atoms with Crippen molar-refractivity contribution in [1.82, 2.24) is 4.98 Å². The maximum atomic E-state index is 12.9. The van der Waals surface area contributed by atoms with Crippen molar-refractivity contribution in [2.75, 3.05) is 6.61 Å². The Morgan fingerprint density at radius 2 is 2.10 bits per heavy atom. The van der Waals surface area contributed by atoms with Crippen LogP contribution in [0, 0.1) is 11.3 Å². The smallest absolute Gasteiger partial charge is 0.433 e. The van der Waals surface area contributed by atoms with Gasteiger partial charge in [0.15, 0.2) is 5.69 Å². The second-order valence-corrected chi connectivity index (χ2v) is 3.81. The molecular weight excluding hydrogens is 299 g/mol. The summed E-state index contributed by atoms with van der Waals surface area (Å²) in [5.74, 6) is -0.851. The first kappa shape index (κ1) is 16.8. The lowest BCUT2D eigenvalue weighted by atomic mass is 10.00. The van der Waals surface area contributed by atoms with Crippen LogP contribution in [0.4, 0.5) is 22.0 Å². The summed E-state index contributed by atoms with van der Waals surface area (Å²) in [5.41, 5.74) is -4.59. The average Bonchev–Trinajstić information content (AvgIpc) is 2.36. The van der Waals surface area contributed by atoms with Crippen LogP contribution in [0.5, 0.6) is 0 Å². The largest absolute Gasteiger partial charge is 0.466 e. The molecular formula is C12H9F5N2O2. The standard InChI is InChI=1S/C12H9F5N2O2/c1-2-21-8(20)3-6-5-19-10(12(15,16)17)9(11(13)14)7(6)4-18/h5,11H,2-3H2,1H3. The van der Waals surface area contributed by atoms with Crippen molar-refractivity contribution >= 4 is 5.97 Å². The van der Waals surface area contributed by atoms with Crippen LogP contribution in [-0.2, 0) is 22.1 Å². The summed E-state index contributed by atoms with van der Waals surface area (Å²) in [6, 6.07) is 1.28. The van der Waals surface area contributed by atoms with E-state index >= 15 is 0 Å². The number of nitrogens with zero attached hydrogens (tertiary/aromatic N) is 2. The van der Waals surface area contributed by atoms with Crippen molar-refractivity contribution in [2.24, 2.45) is 0 Å². The zero-order chi connectivity index (χ0) is 16.2. The van der Waals surface area contributed by atoms with E-state index in [-0.39, 0.29) is 12.2 Å². The van der Waals surface area contributed by atoms with Crippen LogP contribution < -0.4 is 0 Å². The fourth-order valence-electron chi connectivity index (χ4n) is 1.64. The predicted octanol–water partition coefficient (Wildman–Crippen LogP) is 3.02. The van der Waals surface area contributed by atoms with E-state index in [2.05, 4.69) is 9.72 Å². The van der Waals surface area contributed by atoms with Gasteiger partial charge in [0, 0.05) is 6.20 Å². The number of rotatable bonds is 4. The summed E-state index contributed by atoms with van der Waals surface area (Å²) >= 11 is 0. The molecule has 0 unspecified atom stereocenters. The van der Waals surface area contributed by atoms with E-state index in [1.807, 2.05) is 0 Å². The molecule has 0 saturated heterocycles. The third-order valence-corrected chi connectivity index (χ3v) is 2.43. The SMILES string of the molecule is CCOC(=O)Cc1cnc(C(F)(F)F)c(C(F)F)c1C#N. The van der Waals surface area contributed by atoms with Crippen molar-refractivity contribution < 1.29 is 31.5 Å².